The molecular weight excluding hydrogens is 238 g/mol. The number of hydrogen-bond donors (Lipinski definition) is 2. The topological polar surface area (TPSA) is 91.0 Å². The second-order valence-electron chi connectivity index (χ2n) is 3.95. The van der Waals surface area contributed by atoms with Gasteiger partial charge in [0.05, 0.1) is 13.5 Å². The van der Waals surface area contributed by atoms with Crippen LogP contribution in [-0.4, -0.2) is 31.4 Å². The van der Waals surface area contributed by atoms with Crippen molar-refractivity contribution in [3.63, 3.8) is 0 Å². The molecule has 1 aliphatic heterocycles. The molecule has 0 aliphatic carbocycles. The van der Waals surface area contributed by atoms with E-state index in [1.807, 2.05) is 0 Å². The van der Waals surface area contributed by atoms with Gasteiger partial charge in [-0.2, -0.15) is 0 Å². The van der Waals surface area contributed by atoms with Crippen molar-refractivity contribution < 1.29 is 24.1 Å². The summed E-state index contributed by atoms with van der Waals surface area (Å²) in [4.78, 5) is 10.7. The lowest BCUT2D eigenvalue weighted by atomic mass is 10.0. The zero-order valence-electron chi connectivity index (χ0n) is 10.0. The molecule has 98 valence electrons. The van der Waals surface area contributed by atoms with Gasteiger partial charge in [0.15, 0.2) is 11.5 Å². The molecule has 1 aliphatic rings. The Bertz CT molecular complexity index is 460. The zero-order chi connectivity index (χ0) is 13.1. The minimum Gasteiger partial charge on any atom is -0.497 e. The molecule has 0 saturated carbocycles. The number of carbonyl (C=O) groups is 1. The Labute approximate surface area is 104 Å². The summed E-state index contributed by atoms with van der Waals surface area (Å²) in [6.45, 7) is 0.875. The first-order valence-corrected chi connectivity index (χ1v) is 5.56. The number of ether oxygens (including phenoxy) is 3. The van der Waals surface area contributed by atoms with Gasteiger partial charge < -0.3 is 25.1 Å². The van der Waals surface area contributed by atoms with E-state index in [4.69, 9.17) is 25.1 Å². The van der Waals surface area contributed by atoms with Crippen molar-refractivity contribution >= 4 is 5.97 Å². The maximum atomic E-state index is 10.7. The highest BCUT2D eigenvalue weighted by Crippen LogP contribution is 2.40. The minimum absolute atomic E-state index is 0.178. The van der Waals surface area contributed by atoms with Gasteiger partial charge in [0.25, 0.3) is 0 Å². The van der Waals surface area contributed by atoms with Crippen LogP contribution in [0.3, 0.4) is 0 Å². The van der Waals surface area contributed by atoms with Gasteiger partial charge in [-0.15, -0.1) is 0 Å². The molecule has 18 heavy (non-hydrogen) atoms. The molecule has 6 heteroatoms. The van der Waals surface area contributed by atoms with Gasteiger partial charge in [0.1, 0.15) is 19.0 Å². The molecule has 1 aromatic carbocycles. The van der Waals surface area contributed by atoms with Gasteiger partial charge in [0.2, 0.25) is 0 Å². The molecule has 6 nitrogen and oxygen atoms in total. The van der Waals surface area contributed by atoms with E-state index < -0.39 is 12.0 Å². The normalized spacial score (nSPS) is 15.0. The van der Waals surface area contributed by atoms with E-state index in [1.165, 1.54) is 7.11 Å². The van der Waals surface area contributed by atoms with Crippen LogP contribution in [0.15, 0.2) is 12.1 Å². The first-order chi connectivity index (χ1) is 8.61. The van der Waals surface area contributed by atoms with Crippen LogP contribution in [0, 0.1) is 0 Å². The Morgan fingerprint density at radius 3 is 2.89 bits per heavy atom. The van der Waals surface area contributed by atoms with Gasteiger partial charge in [-0.3, -0.25) is 4.79 Å². The number of aliphatic carboxylic acids is 1. The van der Waals surface area contributed by atoms with Crippen LogP contribution in [-0.2, 0) is 4.79 Å². The molecule has 0 amide bonds. The fourth-order valence-corrected chi connectivity index (χ4v) is 1.85. The van der Waals surface area contributed by atoms with E-state index in [0.29, 0.717) is 36.0 Å². The highest BCUT2D eigenvalue weighted by molar-refractivity contribution is 5.68. The van der Waals surface area contributed by atoms with Crippen molar-refractivity contribution in [3.8, 4) is 17.2 Å². The van der Waals surface area contributed by atoms with E-state index in [0.717, 1.165) is 0 Å². The van der Waals surface area contributed by atoms with Crippen LogP contribution in [0.1, 0.15) is 18.0 Å². The largest absolute Gasteiger partial charge is 0.497 e. The number of fused-ring (bicyclic) bond motifs is 1. The van der Waals surface area contributed by atoms with Crippen LogP contribution < -0.4 is 19.9 Å². The maximum Gasteiger partial charge on any atom is 0.305 e. The lowest BCUT2D eigenvalue weighted by Crippen LogP contribution is -2.21. The van der Waals surface area contributed by atoms with E-state index in [1.54, 1.807) is 12.1 Å². The lowest BCUT2D eigenvalue weighted by molar-refractivity contribution is -0.137. The molecule has 2 rings (SSSR count). The zero-order valence-corrected chi connectivity index (χ0v) is 10.0. The van der Waals surface area contributed by atoms with Gasteiger partial charge >= 0.3 is 5.97 Å². The third-order valence-electron chi connectivity index (χ3n) is 2.67. The molecule has 0 radical (unpaired) electrons. The highest BCUT2D eigenvalue weighted by Gasteiger charge is 2.23. The van der Waals surface area contributed by atoms with Crippen LogP contribution >= 0.6 is 0 Å². The van der Waals surface area contributed by atoms with E-state index in [-0.39, 0.29) is 6.42 Å². The van der Waals surface area contributed by atoms with Crippen molar-refractivity contribution in [1.82, 2.24) is 0 Å². The molecular formula is C12H15NO5. The monoisotopic (exact) mass is 253 g/mol. The number of hydrogen-bond acceptors (Lipinski definition) is 5. The summed E-state index contributed by atoms with van der Waals surface area (Å²) in [6.07, 6.45) is -0.178. The standard InChI is InChI=1S/C12H15NO5/c1-16-7-4-8(9(13)6-11(14)15)12-10(5-7)17-2-3-18-12/h4-5,9H,2-3,6,13H2,1H3,(H,14,15). The van der Waals surface area contributed by atoms with Gasteiger partial charge in [-0.05, 0) is 6.07 Å². The summed E-state index contributed by atoms with van der Waals surface area (Å²) in [5.74, 6) is 0.651. The average molecular weight is 253 g/mol. The van der Waals surface area contributed by atoms with Crippen molar-refractivity contribution in [3.05, 3.63) is 17.7 Å². The molecule has 1 heterocycles. The number of carboxylic acids is 1. The predicted molar refractivity (Wildman–Crippen MR) is 63.2 cm³/mol. The van der Waals surface area contributed by atoms with Crippen molar-refractivity contribution in [1.29, 1.82) is 0 Å². The van der Waals surface area contributed by atoms with Crippen LogP contribution in [0.2, 0.25) is 0 Å². The summed E-state index contributed by atoms with van der Waals surface area (Å²) in [7, 11) is 1.53. The summed E-state index contributed by atoms with van der Waals surface area (Å²) in [6, 6.07) is 2.72. The van der Waals surface area contributed by atoms with Crippen LogP contribution in [0.25, 0.3) is 0 Å². The van der Waals surface area contributed by atoms with E-state index in [9.17, 15) is 4.79 Å². The van der Waals surface area contributed by atoms with Crippen LogP contribution in [0.5, 0.6) is 17.2 Å². The fraction of sp³-hybridized carbons (Fsp3) is 0.417. The fourth-order valence-electron chi connectivity index (χ4n) is 1.85. The molecule has 1 atom stereocenters. The summed E-state index contributed by atoms with van der Waals surface area (Å²) in [5.41, 5.74) is 6.46. The smallest absolute Gasteiger partial charge is 0.305 e. The number of carboxylic acid groups (broad SMARTS) is 1. The maximum absolute atomic E-state index is 10.7. The first-order valence-electron chi connectivity index (χ1n) is 5.56. The first kappa shape index (κ1) is 12.5. The lowest BCUT2D eigenvalue weighted by Gasteiger charge is -2.24. The van der Waals surface area contributed by atoms with Gasteiger partial charge in [-0.25, -0.2) is 0 Å². The van der Waals surface area contributed by atoms with E-state index >= 15 is 0 Å². The third-order valence-corrected chi connectivity index (χ3v) is 2.67. The Morgan fingerprint density at radius 2 is 2.22 bits per heavy atom. The minimum atomic E-state index is -0.962. The molecule has 1 aromatic rings. The van der Waals surface area contributed by atoms with Gasteiger partial charge in [-0.1, -0.05) is 0 Å². The second-order valence-corrected chi connectivity index (χ2v) is 3.95. The molecule has 3 N–H and O–H groups in total. The quantitative estimate of drug-likeness (QED) is 0.829. The Balaban J connectivity index is 2.40. The molecule has 0 spiro atoms. The predicted octanol–water partition coefficient (Wildman–Crippen LogP) is 0.941. The SMILES string of the molecule is COc1cc2c(c(C(N)CC(=O)O)c1)OCCO2. The van der Waals surface area contributed by atoms with Gasteiger partial charge in [0, 0.05) is 17.7 Å². The van der Waals surface area contributed by atoms with E-state index in [2.05, 4.69) is 0 Å². The second kappa shape index (κ2) is 5.14. The van der Waals surface area contributed by atoms with Crippen LogP contribution in [0.4, 0.5) is 0 Å². The average Bonchev–Trinajstić information content (AvgIpc) is 2.36. The molecule has 1 unspecified atom stereocenters. The number of benzene rings is 1. The summed E-state index contributed by atoms with van der Waals surface area (Å²) >= 11 is 0. The number of methoxy groups -OCH3 is 1. The molecule has 0 saturated heterocycles. The number of rotatable bonds is 4. The summed E-state index contributed by atoms with van der Waals surface area (Å²) < 4.78 is 16.1. The number of nitrogens with two attached hydrogens (primary N) is 1. The highest BCUT2D eigenvalue weighted by atomic mass is 16.6. The summed E-state index contributed by atoms with van der Waals surface area (Å²) in [5, 5.41) is 8.79. The van der Waals surface area contributed by atoms with Crippen molar-refractivity contribution in [2.45, 2.75) is 12.5 Å². The van der Waals surface area contributed by atoms with Crippen molar-refractivity contribution in [2.24, 2.45) is 5.73 Å². The Hall–Kier alpha value is -1.95. The Kier molecular flexibility index (Phi) is 3.57. The molecule has 0 bridgehead atoms. The third kappa shape index (κ3) is 2.48. The van der Waals surface area contributed by atoms with Crippen molar-refractivity contribution in [2.75, 3.05) is 20.3 Å². The Morgan fingerprint density at radius 1 is 1.50 bits per heavy atom. The molecule has 0 aromatic heterocycles. The molecule has 0 fully saturated rings.